The molecule has 0 saturated carbocycles. The largest absolute Gasteiger partial charge is 0.343 e. The fraction of sp³-hybridized carbons (Fsp3) is 0.750. The predicted molar refractivity (Wildman–Crippen MR) is 45.4 cm³/mol. The Kier molecular flexibility index (Phi) is 1.82. The first-order valence-corrected chi connectivity index (χ1v) is 4.69. The van der Waals surface area contributed by atoms with Gasteiger partial charge >= 0.3 is 0 Å². The molecule has 1 saturated heterocycles. The summed E-state index contributed by atoms with van der Waals surface area (Å²) < 4.78 is 12.2. The average Bonchev–Trinajstić information content (AvgIpc) is 2.56. The highest BCUT2D eigenvalue weighted by molar-refractivity contribution is 9.11. The molecule has 0 amide bonds. The first-order chi connectivity index (χ1) is 5.26. The van der Waals surface area contributed by atoms with Gasteiger partial charge < -0.3 is 9.47 Å². The van der Waals surface area contributed by atoms with Gasteiger partial charge in [0.05, 0.1) is 17.7 Å². The Morgan fingerprint density at radius 2 is 2.18 bits per heavy atom. The lowest BCUT2D eigenvalue weighted by Crippen LogP contribution is -2.34. The summed E-state index contributed by atoms with van der Waals surface area (Å²) in [5, 5.41) is 0. The smallest absolute Gasteiger partial charge is 0.204 e. The van der Waals surface area contributed by atoms with Crippen LogP contribution in [0.1, 0.15) is 13.3 Å². The van der Waals surface area contributed by atoms with E-state index in [9.17, 15) is 0 Å². The standard InChI is InChI=1S/C8H11BrO2/c1-6-2-3-7(9)8(6)10-4-5-11-8/h3,6H,2,4-5H2,1H3/t6-/m0/s1. The summed E-state index contributed by atoms with van der Waals surface area (Å²) in [5.74, 6) is 0.0272. The highest BCUT2D eigenvalue weighted by Crippen LogP contribution is 2.45. The maximum atomic E-state index is 5.59. The van der Waals surface area contributed by atoms with Crippen LogP contribution in [0, 0.1) is 5.92 Å². The topological polar surface area (TPSA) is 18.5 Å². The molecule has 0 bridgehead atoms. The fourth-order valence-corrected chi connectivity index (χ4v) is 2.47. The van der Waals surface area contributed by atoms with Crippen molar-refractivity contribution in [1.82, 2.24) is 0 Å². The maximum Gasteiger partial charge on any atom is 0.204 e. The van der Waals surface area contributed by atoms with Gasteiger partial charge in [0, 0.05) is 5.92 Å². The Hall–Kier alpha value is 0.140. The van der Waals surface area contributed by atoms with Crippen LogP contribution in [0.15, 0.2) is 10.6 Å². The van der Waals surface area contributed by atoms with E-state index >= 15 is 0 Å². The third-order valence-corrected chi connectivity index (χ3v) is 3.22. The zero-order chi connectivity index (χ0) is 7.90. The van der Waals surface area contributed by atoms with Crippen molar-refractivity contribution in [2.45, 2.75) is 19.1 Å². The summed E-state index contributed by atoms with van der Waals surface area (Å²) >= 11 is 3.47. The van der Waals surface area contributed by atoms with Crippen LogP contribution in [-0.2, 0) is 9.47 Å². The van der Waals surface area contributed by atoms with Crippen LogP contribution < -0.4 is 0 Å². The van der Waals surface area contributed by atoms with Crippen molar-refractivity contribution >= 4 is 15.9 Å². The minimum Gasteiger partial charge on any atom is -0.343 e. The molecule has 3 heteroatoms. The minimum absolute atomic E-state index is 0.417. The molecule has 0 radical (unpaired) electrons. The van der Waals surface area contributed by atoms with Crippen molar-refractivity contribution in [3.63, 3.8) is 0 Å². The maximum absolute atomic E-state index is 5.59. The van der Waals surface area contributed by atoms with E-state index < -0.39 is 5.79 Å². The summed E-state index contributed by atoms with van der Waals surface area (Å²) in [6.45, 7) is 3.58. The highest BCUT2D eigenvalue weighted by atomic mass is 79.9. The number of hydrogen-bond donors (Lipinski definition) is 0. The number of allylic oxidation sites excluding steroid dienone is 1. The Balaban J connectivity index is 2.27. The van der Waals surface area contributed by atoms with Crippen molar-refractivity contribution in [2.24, 2.45) is 5.92 Å². The molecule has 1 fully saturated rings. The van der Waals surface area contributed by atoms with Crippen LogP contribution in [0.3, 0.4) is 0 Å². The number of ether oxygens (including phenoxy) is 2. The van der Waals surface area contributed by atoms with Crippen molar-refractivity contribution in [3.05, 3.63) is 10.6 Å². The molecule has 1 spiro atoms. The Morgan fingerprint density at radius 3 is 2.64 bits per heavy atom. The quantitative estimate of drug-likeness (QED) is 0.620. The van der Waals surface area contributed by atoms with Gasteiger partial charge in [-0.05, 0) is 6.42 Å². The summed E-state index contributed by atoms with van der Waals surface area (Å²) in [5.41, 5.74) is 0. The van der Waals surface area contributed by atoms with Crippen LogP contribution >= 0.6 is 15.9 Å². The van der Waals surface area contributed by atoms with Crippen LogP contribution in [0.4, 0.5) is 0 Å². The van der Waals surface area contributed by atoms with E-state index in [1.807, 2.05) is 0 Å². The lowest BCUT2D eigenvalue weighted by atomic mass is 10.0. The predicted octanol–water partition coefficient (Wildman–Crippen LogP) is 2.05. The molecular formula is C8H11BrO2. The van der Waals surface area contributed by atoms with Crippen LogP contribution in [0.2, 0.25) is 0 Å². The Bertz CT molecular complexity index is 194. The molecule has 2 rings (SSSR count). The molecule has 1 heterocycles. The molecule has 1 atom stereocenters. The molecule has 1 aliphatic carbocycles. The van der Waals surface area contributed by atoms with E-state index in [0.29, 0.717) is 19.1 Å². The van der Waals surface area contributed by atoms with Crippen molar-refractivity contribution in [1.29, 1.82) is 0 Å². The molecule has 11 heavy (non-hydrogen) atoms. The van der Waals surface area contributed by atoms with Crippen molar-refractivity contribution < 1.29 is 9.47 Å². The van der Waals surface area contributed by atoms with E-state index in [0.717, 1.165) is 10.9 Å². The monoisotopic (exact) mass is 218 g/mol. The van der Waals surface area contributed by atoms with Gasteiger partial charge in [-0.25, -0.2) is 0 Å². The molecule has 2 nitrogen and oxygen atoms in total. The molecule has 1 aliphatic heterocycles. The molecule has 0 aromatic rings. The number of rotatable bonds is 0. The molecule has 0 unspecified atom stereocenters. The number of hydrogen-bond acceptors (Lipinski definition) is 2. The third-order valence-electron chi connectivity index (χ3n) is 2.35. The van der Waals surface area contributed by atoms with E-state index in [2.05, 4.69) is 28.9 Å². The van der Waals surface area contributed by atoms with E-state index in [1.165, 1.54) is 0 Å². The first-order valence-electron chi connectivity index (χ1n) is 3.90. The number of halogens is 1. The van der Waals surface area contributed by atoms with Gasteiger partial charge in [0.2, 0.25) is 5.79 Å². The fourth-order valence-electron chi connectivity index (χ4n) is 1.66. The van der Waals surface area contributed by atoms with Crippen LogP contribution in [0.5, 0.6) is 0 Å². The van der Waals surface area contributed by atoms with Crippen molar-refractivity contribution in [3.8, 4) is 0 Å². The van der Waals surface area contributed by atoms with Gasteiger partial charge in [0.15, 0.2) is 0 Å². The average molecular weight is 219 g/mol. The van der Waals surface area contributed by atoms with Gasteiger partial charge in [-0.2, -0.15) is 0 Å². The highest BCUT2D eigenvalue weighted by Gasteiger charge is 2.47. The molecular weight excluding hydrogens is 208 g/mol. The summed E-state index contributed by atoms with van der Waals surface area (Å²) in [7, 11) is 0. The molecule has 62 valence electrons. The second-order valence-electron chi connectivity index (χ2n) is 3.05. The molecule has 0 aromatic carbocycles. The second kappa shape index (κ2) is 2.57. The lowest BCUT2D eigenvalue weighted by molar-refractivity contribution is -0.146. The normalized spacial score (nSPS) is 34.7. The van der Waals surface area contributed by atoms with Gasteiger partial charge in [0.25, 0.3) is 0 Å². The summed E-state index contributed by atoms with van der Waals surface area (Å²) in [6, 6.07) is 0. The minimum atomic E-state index is -0.417. The van der Waals surface area contributed by atoms with E-state index in [1.54, 1.807) is 0 Å². The molecule has 2 aliphatic rings. The van der Waals surface area contributed by atoms with E-state index in [-0.39, 0.29) is 0 Å². The Labute approximate surface area is 74.7 Å². The van der Waals surface area contributed by atoms with Crippen LogP contribution in [0.25, 0.3) is 0 Å². The third kappa shape index (κ3) is 0.983. The first kappa shape index (κ1) is 7.77. The van der Waals surface area contributed by atoms with Gasteiger partial charge in [-0.3, -0.25) is 0 Å². The zero-order valence-corrected chi connectivity index (χ0v) is 8.06. The SMILES string of the molecule is C[C@H]1CC=C(Br)C12OCCO2. The summed E-state index contributed by atoms with van der Waals surface area (Å²) in [4.78, 5) is 0. The van der Waals surface area contributed by atoms with E-state index in [4.69, 9.17) is 9.47 Å². The van der Waals surface area contributed by atoms with Crippen LogP contribution in [-0.4, -0.2) is 19.0 Å². The Morgan fingerprint density at radius 1 is 1.55 bits per heavy atom. The molecule has 0 aromatic heterocycles. The van der Waals surface area contributed by atoms with Crippen molar-refractivity contribution in [2.75, 3.05) is 13.2 Å². The molecule has 0 N–H and O–H groups in total. The summed E-state index contributed by atoms with van der Waals surface area (Å²) in [6.07, 6.45) is 3.18. The second-order valence-corrected chi connectivity index (χ2v) is 3.91. The zero-order valence-electron chi connectivity index (χ0n) is 6.47. The lowest BCUT2D eigenvalue weighted by Gasteiger charge is -2.27. The van der Waals surface area contributed by atoms with Gasteiger partial charge in [-0.15, -0.1) is 0 Å². The van der Waals surface area contributed by atoms with Gasteiger partial charge in [0.1, 0.15) is 0 Å². The van der Waals surface area contributed by atoms with Gasteiger partial charge in [-0.1, -0.05) is 28.9 Å².